The standard InChI is InChI=1S/C19H16N6O2S/c26-19(17-24-23-16(27-17)10-5-6-10)25-8-7-12-14(21-9-20-12)15(25)18-22-11-3-1-2-4-13(11)28-18/h1-4,9-10,15H,5-8H2,(H,20,21)/t15-/m0/s1. The van der Waals surface area contributed by atoms with Gasteiger partial charge >= 0.3 is 11.8 Å². The molecule has 0 radical (unpaired) electrons. The first kappa shape index (κ1) is 15.9. The molecule has 1 saturated carbocycles. The number of H-pyrrole nitrogens is 1. The van der Waals surface area contributed by atoms with Gasteiger partial charge in [0.25, 0.3) is 0 Å². The van der Waals surface area contributed by atoms with Crippen LogP contribution in [0, 0.1) is 0 Å². The summed E-state index contributed by atoms with van der Waals surface area (Å²) in [7, 11) is 0. The van der Waals surface area contributed by atoms with Crippen LogP contribution in [0.25, 0.3) is 10.2 Å². The number of amides is 1. The number of hydrogen-bond donors (Lipinski definition) is 1. The van der Waals surface area contributed by atoms with Crippen molar-refractivity contribution in [3.8, 4) is 0 Å². The van der Waals surface area contributed by atoms with Crippen LogP contribution < -0.4 is 0 Å². The van der Waals surface area contributed by atoms with Gasteiger partial charge in [0.15, 0.2) is 0 Å². The van der Waals surface area contributed by atoms with Crippen molar-refractivity contribution in [1.29, 1.82) is 0 Å². The van der Waals surface area contributed by atoms with Crippen LogP contribution >= 0.6 is 11.3 Å². The second-order valence-corrected chi connectivity index (χ2v) is 8.22. The van der Waals surface area contributed by atoms with E-state index < -0.39 is 0 Å². The summed E-state index contributed by atoms with van der Waals surface area (Å²) in [4.78, 5) is 27.5. The second-order valence-electron chi connectivity index (χ2n) is 7.16. The lowest BCUT2D eigenvalue weighted by atomic mass is 10.0. The van der Waals surface area contributed by atoms with Gasteiger partial charge in [-0.1, -0.05) is 12.1 Å². The molecule has 1 aliphatic heterocycles. The molecule has 140 valence electrons. The highest BCUT2D eigenvalue weighted by Gasteiger charge is 2.39. The predicted octanol–water partition coefficient (Wildman–Crippen LogP) is 3.07. The predicted molar refractivity (Wildman–Crippen MR) is 101 cm³/mol. The molecule has 8 nitrogen and oxygen atoms in total. The zero-order chi connectivity index (χ0) is 18.7. The number of fused-ring (bicyclic) bond motifs is 2. The zero-order valence-electron chi connectivity index (χ0n) is 14.8. The summed E-state index contributed by atoms with van der Waals surface area (Å²) in [6.45, 7) is 0.537. The smallest absolute Gasteiger partial charge is 0.312 e. The molecular weight excluding hydrogens is 376 g/mol. The summed E-state index contributed by atoms with van der Waals surface area (Å²) in [6, 6.07) is 7.61. The van der Waals surface area contributed by atoms with Crippen molar-refractivity contribution in [2.75, 3.05) is 6.54 Å². The van der Waals surface area contributed by atoms with Crippen LogP contribution in [0.15, 0.2) is 35.0 Å². The average molecular weight is 392 g/mol. The lowest BCUT2D eigenvalue weighted by molar-refractivity contribution is 0.0647. The van der Waals surface area contributed by atoms with Gasteiger partial charge in [0, 0.05) is 24.6 Å². The second kappa shape index (κ2) is 5.96. The molecule has 1 atom stereocenters. The van der Waals surface area contributed by atoms with E-state index in [2.05, 4.69) is 20.2 Å². The number of nitrogens with one attached hydrogen (secondary N) is 1. The molecule has 0 bridgehead atoms. The van der Waals surface area contributed by atoms with Crippen molar-refractivity contribution < 1.29 is 9.21 Å². The van der Waals surface area contributed by atoms with E-state index in [0.29, 0.717) is 24.8 Å². The van der Waals surface area contributed by atoms with Crippen molar-refractivity contribution in [1.82, 2.24) is 30.0 Å². The van der Waals surface area contributed by atoms with Crippen molar-refractivity contribution in [2.45, 2.75) is 31.2 Å². The lowest BCUT2D eigenvalue weighted by Crippen LogP contribution is -2.41. The Morgan fingerprint density at radius 1 is 1.25 bits per heavy atom. The minimum absolute atomic E-state index is 0.0481. The Kier molecular flexibility index (Phi) is 3.39. The number of para-hydroxylation sites is 1. The van der Waals surface area contributed by atoms with Crippen molar-refractivity contribution in [3.05, 3.63) is 58.8 Å². The van der Waals surface area contributed by atoms with Gasteiger partial charge in [-0.05, 0) is 25.0 Å². The molecule has 1 amide bonds. The Hall–Kier alpha value is -3.07. The van der Waals surface area contributed by atoms with Crippen LogP contribution in [0.1, 0.15) is 57.8 Å². The molecule has 0 saturated heterocycles. The molecule has 9 heteroatoms. The van der Waals surface area contributed by atoms with Gasteiger partial charge in [-0.3, -0.25) is 4.79 Å². The van der Waals surface area contributed by atoms with E-state index >= 15 is 0 Å². The molecular formula is C19H16N6O2S. The molecule has 1 N–H and O–H groups in total. The number of rotatable bonds is 3. The normalized spacial score (nSPS) is 19.1. The first-order valence-corrected chi connectivity index (χ1v) is 10.1. The fourth-order valence-electron chi connectivity index (χ4n) is 3.69. The van der Waals surface area contributed by atoms with Gasteiger partial charge in [0.2, 0.25) is 5.89 Å². The summed E-state index contributed by atoms with van der Waals surface area (Å²) in [6.07, 6.45) is 4.47. The minimum Gasteiger partial charge on any atom is -0.417 e. The third-order valence-electron chi connectivity index (χ3n) is 5.28. The minimum atomic E-state index is -0.365. The molecule has 0 spiro atoms. The molecule has 2 aliphatic rings. The number of aromatic amines is 1. The number of aromatic nitrogens is 5. The molecule has 3 aromatic heterocycles. The number of hydrogen-bond acceptors (Lipinski definition) is 7. The fraction of sp³-hybridized carbons (Fsp3) is 0.316. The number of nitrogens with zero attached hydrogens (tertiary/aromatic N) is 5. The summed E-state index contributed by atoms with van der Waals surface area (Å²) in [5, 5.41) is 8.91. The van der Waals surface area contributed by atoms with Crippen LogP contribution in [0.5, 0.6) is 0 Å². The number of carbonyl (C=O) groups excluding carboxylic acids is 1. The highest BCUT2D eigenvalue weighted by atomic mass is 32.1. The third-order valence-corrected chi connectivity index (χ3v) is 6.37. The average Bonchev–Trinajstić information content (AvgIpc) is 3.14. The highest BCUT2D eigenvalue weighted by molar-refractivity contribution is 7.18. The van der Waals surface area contributed by atoms with Gasteiger partial charge in [0.1, 0.15) is 11.0 Å². The van der Waals surface area contributed by atoms with Crippen LogP contribution in [0.4, 0.5) is 0 Å². The van der Waals surface area contributed by atoms with E-state index in [0.717, 1.165) is 39.5 Å². The Morgan fingerprint density at radius 2 is 2.14 bits per heavy atom. The van der Waals surface area contributed by atoms with Gasteiger partial charge in [-0.15, -0.1) is 21.5 Å². The molecule has 0 unspecified atom stereocenters. The summed E-state index contributed by atoms with van der Waals surface area (Å²) in [5.41, 5.74) is 2.80. The molecule has 1 aliphatic carbocycles. The van der Waals surface area contributed by atoms with E-state index in [1.807, 2.05) is 24.3 Å². The maximum Gasteiger partial charge on any atom is 0.312 e. The SMILES string of the molecule is O=C(c1nnc(C2CC2)o1)N1CCc2[nH]cnc2[C@H]1c1nc2ccccc2s1. The molecule has 1 aromatic carbocycles. The van der Waals surface area contributed by atoms with E-state index in [-0.39, 0.29) is 17.8 Å². The molecule has 28 heavy (non-hydrogen) atoms. The van der Waals surface area contributed by atoms with E-state index in [1.54, 1.807) is 22.6 Å². The first-order chi connectivity index (χ1) is 13.8. The Morgan fingerprint density at radius 3 is 3.00 bits per heavy atom. The van der Waals surface area contributed by atoms with Crippen LogP contribution in [0.3, 0.4) is 0 Å². The van der Waals surface area contributed by atoms with Crippen molar-refractivity contribution in [2.24, 2.45) is 0 Å². The molecule has 4 heterocycles. The monoisotopic (exact) mass is 392 g/mol. The fourth-order valence-corrected chi connectivity index (χ4v) is 4.78. The van der Waals surface area contributed by atoms with Crippen LogP contribution in [-0.2, 0) is 6.42 Å². The van der Waals surface area contributed by atoms with Gasteiger partial charge in [0.05, 0.1) is 22.2 Å². The van der Waals surface area contributed by atoms with Crippen LogP contribution in [-0.4, -0.2) is 42.5 Å². The molecule has 4 aromatic rings. The number of benzene rings is 1. The third kappa shape index (κ3) is 2.46. The topological polar surface area (TPSA) is 101 Å². The molecule has 1 fully saturated rings. The Labute approximate surface area is 163 Å². The summed E-state index contributed by atoms with van der Waals surface area (Å²) >= 11 is 1.58. The highest BCUT2D eigenvalue weighted by Crippen LogP contribution is 2.40. The summed E-state index contributed by atoms with van der Waals surface area (Å²) in [5.74, 6) is 0.662. The first-order valence-electron chi connectivity index (χ1n) is 9.30. The van der Waals surface area contributed by atoms with Gasteiger partial charge in [-0.25, -0.2) is 9.97 Å². The van der Waals surface area contributed by atoms with Crippen LogP contribution in [0.2, 0.25) is 0 Å². The van der Waals surface area contributed by atoms with Gasteiger partial charge in [-0.2, -0.15) is 0 Å². The largest absolute Gasteiger partial charge is 0.417 e. The zero-order valence-corrected chi connectivity index (χ0v) is 15.6. The van der Waals surface area contributed by atoms with Crippen molar-refractivity contribution in [3.63, 3.8) is 0 Å². The van der Waals surface area contributed by atoms with E-state index in [1.165, 1.54) is 0 Å². The van der Waals surface area contributed by atoms with Crippen molar-refractivity contribution >= 4 is 27.5 Å². The molecule has 6 rings (SSSR count). The van der Waals surface area contributed by atoms with E-state index in [9.17, 15) is 4.79 Å². The number of imidazole rings is 1. The summed E-state index contributed by atoms with van der Waals surface area (Å²) < 4.78 is 6.76. The Balaban J connectivity index is 1.43. The number of thiazole rings is 1. The lowest BCUT2D eigenvalue weighted by Gasteiger charge is -2.32. The quantitative estimate of drug-likeness (QED) is 0.575. The Bertz CT molecular complexity index is 1160. The number of carbonyl (C=O) groups is 1. The van der Waals surface area contributed by atoms with E-state index in [4.69, 9.17) is 9.40 Å². The maximum absolute atomic E-state index is 13.3. The maximum atomic E-state index is 13.3. The van der Waals surface area contributed by atoms with Gasteiger partial charge < -0.3 is 14.3 Å².